The second kappa shape index (κ2) is 7.41. The molecule has 1 aromatic heterocycles. The minimum Gasteiger partial charge on any atom is -0.497 e. The van der Waals surface area contributed by atoms with Gasteiger partial charge in [0, 0.05) is 25.5 Å². The van der Waals surface area contributed by atoms with Crippen molar-refractivity contribution in [3.63, 3.8) is 0 Å². The zero-order valence-electron chi connectivity index (χ0n) is 13.3. The number of rotatable bonds is 7. The minimum absolute atomic E-state index is 0.141. The number of benzene rings is 1. The summed E-state index contributed by atoms with van der Waals surface area (Å²) in [7, 11) is -2.29. The van der Waals surface area contributed by atoms with Crippen molar-refractivity contribution in [3.8, 4) is 5.75 Å². The summed E-state index contributed by atoms with van der Waals surface area (Å²) in [5, 5.41) is 9.00. The molecule has 0 aliphatic rings. The first-order valence-corrected chi connectivity index (χ1v) is 8.64. The molecule has 128 valence electrons. The van der Waals surface area contributed by atoms with Crippen LogP contribution < -0.4 is 4.74 Å². The number of aromatic nitrogens is 1. The van der Waals surface area contributed by atoms with Crippen molar-refractivity contribution in [1.29, 1.82) is 0 Å². The fourth-order valence-electron chi connectivity index (χ4n) is 2.13. The molecule has 0 spiro atoms. The second-order valence-corrected chi connectivity index (χ2v) is 6.93. The van der Waals surface area contributed by atoms with Crippen molar-refractivity contribution in [1.82, 2.24) is 9.29 Å². The summed E-state index contributed by atoms with van der Waals surface area (Å²) >= 11 is 0. The number of carbonyl (C=O) groups is 1. The molecule has 0 bridgehead atoms. The van der Waals surface area contributed by atoms with Gasteiger partial charge in [0.2, 0.25) is 10.0 Å². The SMILES string of the molecule is CCN(Cc1ccc(OC)cc1)S(=O)(=O)c1cncc(C(=O)O)c1. The van der Waals surface area contributed by atoms with E-state index in [-0.39, 0.29) is 23.5 Å². The predicted molar refractivity (Wildman–Crippen MR) is 87.5 cm³/mol. The van der Waals surface area contributed by atoms with E-state index in [4.69, 9.17) is 9.84 Å². The molecule has 0 aliphatic carbocycles. The third-order valence-corrected chi connectivity index (χ3v) is 5.35. The van der Waals surface area contributed by atoms with Gasteiger partial charge in [-0.15, -0.1) is 0 Å². The van der Waals surface area contributed by atoms with Gasteiger partial charge in [-0.3, -0.25) is 4.98 Å². The first kappa shape index (κ1) is 17.9. The average molecular weight is 350 g/mol. The number of hydrogen-bond donors (Lipinski definition) is 1. The minimum atomic E-state index is -3.84. The van der Waals surface area contributed by atoms with Crippen LogP contribution in [-0.4, -0.2) is 42.4 Å². The summed E-state index contributed by atoms with van der Waals surface area (Å²) in [6.45, 7) is 2.13. The molecule has 0 unspecified atom stereocenters. The molecular formula is C16H18N2O5S. The van der Waals surface area contributed by atoms with Crippen molar-refractivity contribution >= 4 is 16.0 Å². The monoisotopic (exact) mass is 350 g/mol. The van der Waals surface area contributed by atoms with Crippen LogP contribution in [0.2, 0.25) is 0 Å². The molecule has 2 aromatic rings. The van der Waals surface area contributed by atoms with Gasteiger partial charge in [-0.1, -0.05) is 19.1 Å². The Hall–Kier alpha value is -2.45. The first-order chi connectivity index (χ1) is 11.4. The van der Waals surface area contributed by atoms with Gasteiger partial charge < -0.3 is 9.84 Å². The fourth-order valence-corrected chi connectivity index (χ4v) is 3.55. The van der Waals surface area contributed by atoms with E-state index in [9.17, 15) is 13.2 Å². The number of aromatic carboxylic acids is 1. The highest BCUT2D eigenvalue weighted by Crippen LogP contribution is 2.20. The van der Waals surface area contributed by atoms with Crippen molar-refractivity contribution in [2.45, 2.75) is 18.4 Å². The van der Waals surface area contributed by atoms with Crippen LogP contribution in [0.25, 0.3) is 0 Å². The maximum atomic E-state index is 12.7. The maximum Gasteiger partial charge on any atom is 0.337 e. The van der Waals surface area contributed by atoms with E-state index < -0.39 is 16.0 Å². The van der Waals surface area contributed by atoms with Gasteiger partial charge in [-0.25, -0.2) is 13.2 Å². The van der Waals surface area contributed by atoms with E-state index in [1.807, 2.05) is 0 Å². The van der Waals surface area contributed by atoms with E-state index in [0.29, 0.717) is 5.75 Å². The largest absolute Gasteiger partial charge is 0.497 e. The summed E-state index contributed by atoms with van der Waals surface area (Å²) in [5.41, 5.74) is 0.625. The highest BCUT2D eigenvalue weighted by molar-refractivity contribution is 7.89. The standard InChI is InChI=1S/C16H18N2O5S/c1-3-18(11-12-4-6-14(23-2)7-5-12)24(21,22)15-8-13(16(19)20)9-17-10-15/h4-10H,3,11H2,1-2H3,(H,19,20). The van der Waals surface area contributed by atoms with Crippen molar-refractivity contribution in [2.24, 2.45) is 0 Å². The zero-order chi connectivity index (χ0) is 17.7. The maximum absolute atomic E-state index is 12.7. The summed E-state index contributed by atoms with van der Waals surface area (Å²) in [6.07, 6.45) is 2.26. The van der Waals surface area contributed by atoms with Crippen molar-refractivity contribution in [3.05, 3.63) is 53.9 Å². The number of hydrogen-bond acceptors (Lipinski definition) is 5. The van der Waals surface area contributed by atoms with Gasteiger partial charge in [0.1, 0.15) is 10.6 Å². The fraction of sp³-hybridized carbons (Fsp3) is 0.250. The Labute approximate surface area is 140 Å². The molecule has 2 rings (SSSR count). The third-order valence-electron chi connectivity index (χ3n) is 3.47. The van der Waals surface area contributed by atoms with E-state index in [0.717, 1.165) is 24.0 Å². The van der Waals surface area contributed by atoms with Crippen LogP contribution in [0.4, 0.5) is 0 Å². The lowest BCUT2D eigenvalue weighted by Crippen LogP contribution is -2.30. The quantitative estimate of drug-likeness (QED) is 0.820. The lowest BCUT2D eigenvalue weighted by Gasteiger charge is -2.20. The Balaban J connectivity index is 2.30. The molecular weight excluding hydrogens is 332 g/mol. The Morgan fingerprint density at radius 2 is 1.92 bits per heavy atom. The molecule has 0 atom stereocenters. The van der Waals surface area contributed by atoms with Crippen LogP contribution in [-0.2, 0) is 16.6 Å². The van der Waals surface area contributed by atoms with Crippen LogP contribution in [0, 0.1) is 0 Å². The molecule has 0 radical (unpaired) electrons. The molecule has 0 aliphatic heterocycles. The smallest absolute Gasteiger partial charge is 0.337 e. The highest BCUT2D eigenvalue weighted by Gasteiger charge is 2.24. The Morgan fingerprint density at radius 1 is 1.25 bits per heavy atom. The van der Waals surface area contributed by atoms with Gasteiger partial charge in [-0.05, 0) is 23.8 Å². The highest BCUT2D eigenvalue weighted by atomic mass is 32.2. The summed E-state index contributed by atoms with van der Waals surface area (Å²) in [4.78, 5) is 14.6. The van der Waals surface area contributed by atoms with Crippen LogP contribution in [0.15, 0.2) is 47.6 Å². The van der Waals surface area contributed by atoms with Gasteiger partial charge in [-0.2, -0.15) is 4.31 Å². The number of nitrogens with zero attached hydrogens (tertiary/aromatic N) is 2. The van der Waals surface area contributed by atoms with Crippen molar-refractivity contribution in [2.75, 3.05) is 13.7 Å². The molecule has 1 heterocycles. The molecule has 1 N–H and O–H groups in total. The van der Waals surface area contributed by atoms with E-state index in [1.165, 1.54) is 4.31 Å². The summed E-state index contributed by atoms with van der Waals surface area (Å²) in [6, 6.07) is 8.18. The van der Waals surface area contributed by atoms with Gasteiger partial charge in [0.05, 0.1) is 12.7 Å². The predicted octanol–water partition coefficient (Wildman–Crippen LogP) is 2.00. The molecule has 0 saturated carbocycles. The van der Waals surface area contributed by atoms with E-state index >= 15 is 0 Å². The average Bonchev–Trinajstić information content (AvgIpc) is 2.60. The van der Waals surface area contributed by atoms with E-state index in [1.54, 1.807) is 38.3 Å². The van der Waals surface area contributed by atoms with Crippen LogP contribution in [0.5, 0.6) is 5.75 Å². The lowest BCUT2D eigenvalue weighted by atomic mass is 10.2. The molecule has 1 aromatic carbocycles. The summed E-state index contributed by atoms with van der Waals surface area (Å²) in [5.74, 6) is -0.541. The number of carboxylic acids is 1. The lowest BCUT2D eigenvalue weighted by molar-refractivity contribution is 0.0696. The Bertz CT molecular complexity index is 819. The van der Waals surface area contributed by atoms with Crippen LogP contribution >= 0.6 is 0 Å². The number of methoxy groups -OCH3 is 1. The van der Waals surface area contributed by atoms with Crippen LogP contribution in [0.3, 0.4) is 0 Å². The number of ether oxygens (including phenoxy) is 1. The molecule has 7 nitrogen and oxygen atoms in total. The molecule has 8 heteroatoms. The van der Waals surface area contributed by atoms with E-state index in [2.05, 4.69) is 4.98 Å². The van der Waals surface area contributed by atoms with Gasteiger partial charge in [0.15, 0.2) is 0 Å². The second-order valence-electron chi connectivity index (χ2n) is 4.99. The normalized spacial score (nSPS) is 11.5. The van der Waals surface area contributed by atoms with Gasteiger partial charge >= 0.3 is 5.97 Å². The third kappa shape index (κ3) is 3.90. The number of sulfonamides is 1. The number of carboxylic acid groups (broad SMARTS) is 1. The Kier molecular flexibility index (Phi) is 5.53. The molecule has 0 saturated heterocycles. The number of pyridine rings is 1. The topological polar surface area (TPSA) is 96.8 Å². The summed E-state index contributed by atoms with van der Waals surface area (Å²) < 4.78 is 31.8. The van der Waals surface area contributed by atoms with Gasteiger partial charge in [0.25, 0.3) is 0 Å². The zero-order valence-corrected chi connectivity index (χ0v) is 14.2. The molecule has 24 heavy (non-hydrogen) atoms. The Morgan fingerprint density at radius 3 is 2.46 bits per heavy atom. The van der Waals surface area contributed by atoms with Crippen LogP contribution in [0.1, 0.15) is 22.8 Å². The molecule has 0 fully saturated rings. The van der Waals surface area contributed by atoms with Crippen molar-refractivity contribution < 1.29 is 23.1 Å². The first-order valence-electron chi connectivity index (χ1n) is 7.20. The molecule has 0 amide bonds.